The molecular formula is C12H22N2O3. The summed E-state index contributed by atoms with van der Waals surface area (Å²) in [6.07, 6.45) is 3.57. The summed E-state index contributed by atoms with van der Waals surface area (Å²) in [6, 6.07) is 0.632. The summed E-state index contributed by atoms with van der Waals surface area (Å²) >= 11 is 0. The number of carbonyl (C=O) groups is 1. The van der Waals surface area contributed by atoms with Gasteiger partial charge in [0, 0.05) is 18.7 Å². The maximum absolute atomic E-state index is 11.5. The molecule has 5 nitrogen and oxygen atoms in total. The Morgan fingerprint density at radius 1 is 1.47 bits per heavy atom. The zero-order valence-corrected chi connectivity index (χ0v) is 10.4. The minimum atomic E-state index is 0.0515. The lowest BCUT2D eigenvalue weighted by Gasteiger charge is -2.17. The normalized spacial score (nSPS) is 25.8. The van der Waals surface area contributed by atoms with E-state index >= 15 is 0 Å². The van der Waals surface area contributed by atoms with Gasteiger partial charge in [-0.05, 0) is 26.2 Å². The van der Waals surface area contributed by atoms with Gasteiger partial charge < -0.3 is 20.1 Å². The second kappa shape index (κ2) is 6.33. The van der Waals surface area contributed by atoms with Crippen LogP contribution in [0.2, 0.25) is 0 Å². The van der Waals surface area contributed by atoms with Crippen molar-refractivity contribution >= 4 is 5.91 Å². The van der Waals surface area contributed by atoms with Gasteiger partial charge in [0.15, 0.2) is 0 Å². The summed E-state index contributed by atoms with van der Waals surface area (Å²) in [6.45, 7) is 4.41. The van der Waals surface area contributed by atoms with E-state index in [-0.39, 0.29) is 18.1 Å². The first-order valence-electron chi connectivity index (χ1n) is 6.46. The van der Waals surface area contributed by atoms with Crippen LogP contribution in [0.4, 0.5) is 0 Å². The molecule has 2 rings (SSSR count). The molecular weight excluding hydrogens is 220 g/mol. The molecule has 2 aliphatic rings. The van der Waals surface area contributed by atoms with Crippen LogP contribution in [-0.2, 0) is 14.3 Å². The number of hydrogen-bond acceptors (Lipinski definition) is 4. The van der Waals surface area contributed by atoms with E-state index in [9.17, 15) is 4.79 Å². The fourth-order valence-corrected chi connectivity index (χ4v) is 1.82. The zero-order valence-electron chi connectivity index (χ0n) is 10.4. The molecule has 2 N–H and O–H groups in total. The molecule has 1 heterocycles. The molecule has 1 saturated heterocycles. The fraction of sp³-hybridized carbons (Fsp3) is 0.917. The summed E-state index contributed by atoms with van der Waals surface area (Å²) in [5, 5.41) is 6.11. The highest BCUT2D eigenvalue weighted by atomic mass is 16.5. The minimum Gasteiger partial charge on any atom is -0.379 e. The number of ether oxygens (including phenoxy) is 2. The topological polar surface area (TPSA) is 59.6 Å². The van der Waals surface area contributed by atoms with Gasteiger partial charge in [0.2, 0.25) is 5.91 Å². The number of rotatable bonds is 7. The van der Waals surface area contributed by atoms with E-state index < -0.39 is 0 Å². The third-order valence-corrected chi connectivity index (χ3v) is 3.01. The van der Waals surface area contributed by atoms with Gasteiger partial charge in [-0.15, -0.1) is 0 Å². The SMILES string of the molecule is C[C@H](CO[C@H]1CCOC1)NC(=O)CNC1CC1. The van der Waals surface area contributed by atoms with Gasteiger partial charge in [0.25, 0.3) is 0 Å². The Hall–Kier alpha value is -0.650. The van der Waals surface area contributed by atoms with Crippen LogP contribution >= 0.6 is 0 Å². The maximum Gasteiger partial charge on any atom is 0.234 e. The first-order chi connectivity index (χ1) is 8.24. The Kier molecular flexibility index (Phi) is 4.76. The van der Waals surface area contributed by atoms with E-state index in [4.69, 9.17) is 9.47 Å². The van der Waals surface area contributed by atoms with Crippen LogP contribution in [0.1, 0.15) is 26.2 Å². The predicted molar refractivity (Wildman–Crippen MR) is 63.8 cm³/mol. The molecule has 0 unspecified atom stereocenters. The average molecular weight is 242 g/mol. The van der Waals surface area contributed by atoms with Gasteiger partial charge in [0.1, 0.15) is 0 Å². The van der Waals surface area contributed by atoms with Gasteiger partial charge in [-0.3, -0.25) is 4.79 Å². The van der Waals surface area contributed by atoms with Crippen molar-refractivity contribution in [1.82, 2.24) is 10.6 Å². The van der Waals surface area contributed by atoms with Crippen molar-refractivity contribution in [2.45, 2.75) is 44.4 Å². The minimum absolute atomic E-state index is 0.0515. The molecule has 0 radical (unpaired) electrons. The molecule has 98 valence electrons. The Labute approximate surface area is 102 Å². The fourth-order valence-electron chi connectivity index (χ4n) is 1.82. The van der Waals surface area contributed by atoms with Gasteiger partial charge in [0.05, 0.1) is 25.9 Å². The van der Waals surface area contributed by atoms with Crippen LogP contribution in [0.15, 0.2) is 0 Å². The van der Waals surface area contributed by atoms with Crippen LogP contribution < -0.4 is 10.6 Å². The molecule has 2 fully saturated rings. The largest absolute Gasteiger partial charge is 0.379 e. The predicted octanol–water partition coefficient (Wildman–Crippen LogP) is 0.0486. The zero-order chi connectivity index (χ0) is 12.1. The maximum atomic E-state index is 11.5. The summed E-state index contributed by atoms with van der Waals surface area (Å²) in [7, 11) is 0. The van der Waals surface area contributed by atoms with Crippen molar-refractivity contribution in [2.75, 3.05) is 26.4 Å². The van der Waals surface area contributed by atoms with Crippen molar-refractivity contribution in [1.29, 1.82) is 0 Å². The highest BCUT2D eigenvalue weighted by Gasteiger charge is 2.22. The van der Waals surface area contributed by atoms with Crippen molar-refractivity contribution < 1.29 is 14.3 Å². The number of nitrogens with one attached hydrogen (secondary N) is 2. The van der Waals surface area contributed by atoms with Crippen LogP contribution in [0.3, 0.4) is 0 Å². The Morgan fingerprint density at radius 3 is 2.94 bits per heavy atom. The lowest BCUT2D eigenvalue weighted by atomic mass is 10.3. The van der Waals surface area contributed by atoms with E-state index in [1.807, 2.05) is 6.92 Å². The molecule has 0 bridgehead atoms. The molecule has 1 amide bonds. The van der Waals surface area contributed by atoms with E-state index in [1.165, 1.54) is 12.8 Å². The van der Waals surface area contributed by atoms with Gasteiger partial charge in [-0.25, -0.2) is 0 Å². The average Bonchev–Trinajstić information content (AvgIpc) is 2.99. The van der Waals surface area contributed by atoms with Crippen molar-refractivity contribution in [3.05, 3.63) is 0 Å². The van der Waals surface area contributed by atoms with Crippen molar-refractivity contribution in [3.63, 3.8) is 0 Å². The lowest BCUT2D eigenvalue weighted by Crippen LogP contribution is -2.42. The molecule has 1 saturated carbocycles. The molecule has 1 aliphatic carbocycles. The van der Waals surface area contributed by atoms with E-state index in [2.05, 4.69) is 10.6 Å². The van der Waals surface area contributed by atoms with E-state index in [1.54, 1.807) is 0 Å². The molecule has 1 aliphatic heterocycles. The Bertz CT molecular complexity index is 250. The third kappa shape index (κ3) is 5.02. The molecule has 0 spiro atoms. The summed E-state index contributed by atoms with van der Waals surface area (Å²) < 4.78 is 10.9. The van der Waals surface area contributed by atoms with Crippen molar-refractivity contribution in [3.8, 4) is 0 Å². The highest BCUT2D eigenvalue weighted by molar-refractivity contribution is 5.78. The monoisotopic (exact) mass is 242 g/mol. The van der Waals surface area contributed by atoms with Gasteiger partial charge in [-0.2, -0.15) is 0 Å². The molecule has 0 aromatic heterocycles. The quantitative estimate of drug-likeness (QED) is 0.662. The van der Waals surface area contributed by atoms with Gasteiger partial charge >= 0.3 is 0 Å². The second-order valence-electron chi connectivity index (χ2n) is 4.94. The molecule has 2 atom stereocenters. The van der Waals surface area contributed by atoms with E-state index in [0.717, 1.165) is 13.0 Å². The Balaban J connectivity index is 1.52. The molecule has 5 heteroatoms. The smallest absolute Gasteiger partial charge is 0.234 e. The molecule has 17 heavy (non-hydrogen) atoms. The standard InChI is InChI=1S/C12H22N2O3/c1-9(7-17-11-4-5-16-8-11)14-12(15)6-13-10-2-3-10/h9-11,13H,2-8H2,1H3,(H,14,15)/t9-,11+/m1/s1. The summed E-state index contributed by atoms with van der Waals surface area (Å²) in [5.74, 6) is 0.0515. The first-order valence-corrected chi connectivity index (χ1v) is 6.46. The number of amides is 1. The Morgan fingerprint density at radius 2 is 2.29 bits per heavy atom. The summed E-state index contributed by atoms with van der Waals surface area (Å²) in [5.41, 5.74) is 0. The van der Waals surface area contributed by atoms with Crippen LogP contribution in [0, 0.1) is 0 Å². The van der Waals surface area contributed by atoms with Crippen LogP contribution in [-0.4, -0.2) is 50.5 Å². The van der Waals surface area contributed by atoms with E-state index in [0.29, 0.717) is 25.8 Å². The molecule has 0 aromatic rings. The number of hydrogen-bond donors (Lipinski definition) is 2. The van der Waals surface area contributed by atoms with Crippen LogP contribution in [0.5, 0.6) is 0 Å². The summed E-state index contributed by atoms with van der Waals surface area (Å²) in [4.78, 5) is 11.5. The third-order valence-electron chi connectivity index (χ3n) is 3.01. The number of carbonyl (C=O) groups excluding carboxylic acids is 1. The van der Waals surface area contributed by atoms with Crippen LogP contribution in [0.25, 0.3) is 0 Å². The lowest BCUT2D eigenvalue weighted by molar-refractivity contribution is -0.121. The second-order valence-corrected chi connectivity index (χ2v) is 4.94. The highest BCUT2D eigenvalue weighted by Crippen LogP contribution is 2.17. The van der Waals surface area contributed by atoms with Crippen molar-refractivity contribution in [2.24, 2.45) is 0 Å². The molecule has 0 aromatic carbocycles. The van der Waals surface area contributed by atoms with Gasteiger partial charge in [-0.1, -0.05) is 0 Å². The first kappa shape index (κ1) is 12.8.